The monoisotopic (exact) mass is 298 g/mol. The van der Waals surface area contributed by atoms with Gasteiger partial charge in [-0.15, -0.1) is 0 Å². The average Bonchev–Trinajstić information content (AvgIpc) is 2.53. The summed E-state index contributed by atoms with van der Waals surface area (Å²) in [5.74, 6) is -0.225. The minimum Gasteiger partial charge on any atom is -0.504 e. The van der Waals surface area contributed by atoms with Crippen LogP contribution in [0.2, 0.25) is 0 Å². The number of phenolic OH excluding ortho intramolecular Hbond substituents is 2. The van der Waals surface area contributed by atoms with E-state index in [2.05, 4.69) is 0 Å². The third kappa shape index (κ3) is 2.37. The predicted molar refractivity (Wildman–Crippen MR) is 80.6 cm³/mol. The van der Waals surface area contributed by atoms with Crippen LogP contribution in [0.25, 0.3) is 6.08 Å². The third-order valence-corrected chi connectivity index (χ3v) is 3.45. The van der Waals surface area contributed by atoms with E-state index in [4.69, 9.17) is 9.47 Å². The van der Waals surface area contributed by atoms with Crippen molar-refractivity contribution in [3.63, 3.8) is 0 Å². The molecule has 0 bridgehead atoms. The Morgan fingerprint density at radius 1 is 1.23 bits per heavy atom. The Kier molecular flexibility index (Phi) is 3.47. The average molecular weight is 298 g/mol. The molecule has 0 radical (unpaired) electrons. The van der Waals surface area contributed by atoms with Crippen molar-refractivity contribution >= 4 is 11.9 Å². The van der Waals surface area contributed by atoms with E-state index in [-0.39, 0.29) is 29.5 Å². The van der Waals surface area contributed by atoms with E-state index in [1.807, 2.05) is 12.1 Å². The van der Waals surface area contributed by atoms with Gasteiger partial charge in [-0.1, -0.05) is 12.1 Å². The molecule has 0 fully saturated rings. The van der Waals surface area contributed by atoms with Crippen LogP contribution in [0.4, 0.5) is 0 Å². The van der Waals surface area contributed by atoms with Gasteiger partial charge in [0.15, 0.2) is 17.3 Å². The van der Waals surface area contributed by atoms with Gasteiger partial charge in [-0.3, -0.25) is 4.79 Å². The van der Waals surface area contributed by atoms with Crippen LogP contribution in [0.15, 0.2) is 42.0 Å². The molecule has 0 atom stereocenters. The molecule has 1 aliphatic heterocycles. The Hall–Kier alpha value is -2.95. The van der Waals surface area contributed by atoms with Crippen LogP contribution in [0.1, 0.15) is 15.9 Å². The van der Waals surface area contributed by atoms with Crippen LogP contribution in [0.5, 0.6) is 23.0 Å². The lowest BCUT2D eigenvalue weighted by atomic mass is 9.97. The summed E-state index contributed by atoms with van der Waals surface area (Å²) in [7, 11) is 1.57. The van der Waals surface area contributed by atoms with Crippen molar-refractivity contribution in [2.24, 2.45) is 0 Å². The van der Waals surface area contributed by atoms with Crippen LogP contribution in [-0.4, -0.2) is 29.7 Å². The second-order valence-electron chi connectivity index (χ2n) is 4.87. The molecule has 0 spiro atoms. The Bertz CT molecular complexity index is 777. The highest BCUT2D eigenvalue weighted by Crippen LogP contribution is 2.39. The normalized spacial score (nSPS) is 15.3. The smallest absolute Gasteiger partial charge is 0.200 e. The molecule has 0 unspecified atom stereocenters. The number of hydrogen-bond donors (Lipinski definition) is 2. The number of ether oxygens (including phenoxy) is 2. The quantitative estimate of drug-likeness (QED) is 0.658. The molecular formula is C17H14O5. The van der Waals surface area contributed by atoms with Crippen molar-refractivity contribution in [2.75, 3.05) is 13.7 Å². The number of methoxy groups -OCH3 is 1. The predicted octanol–water partition coefficient (Wildman–Crippen LogP) is 2.77. The number of hydrogen-bond acceptors (Lipinski definition) is 5. The highest BCUT2D eigenvalue weighted by molar-refractivity contribution is 6.16. The SMILES string of the molecule is COc1cccc(/C=C2\COc3ccc(O)c(O)c3C2=O)c1. The highest BCUT2D eigenvalue weighted by Gasteiger charge is 2.28. The lowest BCUT2D eigenvalue weighted by Gasteiger charge is -2.20. The van der Waals surface area contributed by atoms with Crippen molar-refractivity contribution in [2.45, 2.75) is 0 Å². The number of aromatic hydroxyl groups is 2. The summed E-state index contributed by atoms with van der Waals surface area (Å²) >= 11 is 0. The van der Waals surface area contributed by atoms with E-state index in [0.29, 0.717) is 11.3 Å². The molecule has 0 saturated carbocycles. The van der Waals surface area contributed by atoms with Crippen molar-refractivity contribution in [1.29, 1.82) is 0 Å². The molecule has 0 amide bonds. The fraction of sp³-hybridized carbons (Fsp3) is 0.118. The molecule has 1 aliphatic rings. The maximum atomic E-state index is 12.5. The first kappa shape index (κ1) is 14.0. The first-order valence-electron chi connectivity index (χ1n) is 6.67. The van der Waals surface area contributed by atoms with Gasteiger partial charge in [0.2, 0.25) is 0 Å². The molecule has 2 aromatic rings. The lowest BCUT2D eigenvalue weighted by molar-refractivity contribution is 0.0996. The molecule has 5 heteroatoms. The molecule has 2 N–H and O–H groups in total. The standard InChI is InChI=1S/C17H14O5/c1-21-12-4-2-3-10(8-12)7-11-9-22-14-6-5-13(18)17(20)15(14)16(11)19/h2-8,18,20H,9H2,1H3/b11-7+. The molecule has 5 nitrogen and oxygen atoms in total. The molecule has 0 aromatic heterocycles. The highest BCUT2D eigenvalue weighted by atomic mass is 16.5. The molecule has 22 heavy (non-hydrogen) atoms. The van der Waals surface area contributed by atoms with Gasteiger partial charge in [0, 0.05) is 5.57 Å². The molecular weight excluding hydrogens is 284 g/mol. The lowest BCUT2D eigenvalue weighted by Crippen LogP contribution is -2.19. The second-order valence-corrected chi connectivity index (χ2v) is 4.87. The van der Waals surface area contributed by atoms with Crippen LogP contribution in [-0.2, 0) is 0 Å². The van der Waals surface area contributed by atoms with Crippen molar-refractivity contribution in [1.82, 2.24) is 0 Å². The number of benzene rings is 2. The molecule has 1 heterocycles. The van der Waals surface area contributed by atoms with Gasteiger partial charge in [0.1, 0.15) is 23.7 Å². The van der Waals surface area contributed by atoms with E-state index in [1.54, 1.807) is 25.3 Å². The van der Waals surface area contributed by atoms with Gasteiger partial charge in [0.05, 0.1) is 7.11 Å². The third-order valence-electron chi connectivity index (χ3n) is 3.45. The minimum atomic E-state index is -0.459. The number of fused-ring (bicyclic) bond motifs is 1. The number of carbonyl (C=O) groups excluding carboxylic acids is 1. The number of ketones is 1. The number of rotatable bonds is 2. The molecule has 0 saturated heterocycles. The summed E-state index contributed by atoms with van der Waals surface area (Å²) in [4.78, 5) is 12.5. The fourth-order valence-electron chi connectivity index (χ4n) is 2.32. The maximum Gasteiger partial charge on any atom is 0.200 e. The Morgan fingerprint density at radius 2 is 2.05 bits per heavy atom. The zero-order chi connectivity index (χ0) is 15.7. The van der Waals surface area contributed by atoms with E-state index in [9.17, 15) is 15.0 Å². The number of Topliss-reactive ketones (excluding diaryl/α,β-unsaturated/α-hetero) is 1. The summed E-state index contributed by atoms with van der Waals surface area (Å²) in [5, 5.41) is 19.4. The zero-order valence-corrected chi connectivity index (χ0v) is 11.9. The minimum absolute atomic E-state index is 0.0135. The Balaban J connectivity index is 2.02. The van der Waals surface area contributed by atoms with Crippen molar-refractivity contribution in [3.8, 4) is 23.0 Å². The summed E-state index contributed by atoms with van der Waals surface area (Å²) in [5.41, 5.74) is 1.16. The van der Waals surface area contributed by atoms with Gasteiger partial charge < -0.3 is 19.7 Å². The summed E-state index contributed by atoms with van der Waals surface area (Å²) in [6.07, 6.45) is 1.68. The zero-order valence-electron chi connectivity index (χ0n) is 11.9. The maximum absolute atomic E-state index is 12.5. The van der Waals surface area contributed by atoms with Gasteiger partial charge in [0.25, 0.3) is 0 Å². The van der Waals surface area contributed by atoms with Crippen LogP contribution in [0.3, 0.4) is 0 Å². The molecule has 2 aromatic carbocycles. The largest absolute Gasteiger partial charge is 0.504 e. The van der Waals surface area contributed by atoms with Gasteiger partial charge in [-0.05, 0) is 35.9 Å². The van der Waals surface area contributed by atoms with Crippen molar-refractivity contribution < 1.29 is 24.5 Å². The summed E-state index contributed by atoms with van der Waals surface area (Å²) < 4.78 is 10.6. The van der Waals surface area contributed by atoms with Gasteiger partial charge >= 0.3 is 0 Å². The van der Waals surface area contributed by atoms with Crippen LogP contribution in [0, 0.1) is 0 Å². The van der Waals surface area contributed by atoms with Crippen molar-refractivity contribution in [3.05, 3.63) is 53.1 Å². The molecule has 0 aliphatic carbocycles. The fourth-order valence-corrected chi connectivity index (χ4v) is 2.32. The topological polar surface area (TPSA) is 76.0 Å². The Labute approximate surface area is 127 Å². The summed E-state index contributed by atoms with van der Waals surface area (Å²) in [6.45, 7) is 0.104. The second kappa shape index (κ2) is 5.44. The van der Waals surface area contributed by atoms with Gasteiger partial charge in [-0.2, -0.15) is 0 Å². The first-order valence-corrected chi connectivity index (χ1v) is 6.67. The van der Waals surface area contributed by atoms with Crippen LogP contribution >= 0.6 is 0 Å². The first-order chi connectivity index (χ1) is 10.6. The van der Waals surface area contributed by atoms with E-state index in [0.717, 1.165) is 5.56 Å². The summed E-state index contributed by atoms with van der Waals surface area (Å²) in [6, 6.07) is 10.00. The molecule has 112 valence electrons. The number of carbonyl (C=O) groups is 1. The Morgan fingerprint density at radius 3 is 2.82 bits per heavy atom. The number of phenols is 2. The van der Waals surface area contributed by atoms with E-state index >= 15 is 0 Å². The van der Waals surface area contributed by atoms with E-state index in [1.165, 1.54) is 12.1 Å². The van der Waals surface area contributed by atoms with Gasteiger partial charge in [-0.25, -0.2) is 0 Å². The van der Waals surface area contributed by atoms with Crippen LogP contribution < -0.4 is 9.47 Å². The molecule has 3 rings (SSSR count). The van der Waals surface area contributed by atoms with E-state index < -0.39 is 5.75 Å².